The molecule has 3 atom stereocenters. The van der Waals surface area contributed by atoms with Crippen molar-refractivity contribution >= 4 is 40.1 Å². The number of hydrogen-bond donors (Lipinski definition) is 0. The van der Waals surface area contributed by atoms with Gasteiger partial charge in [0.1, 0.15) is 6.04 Å². The van der Waals surface area contributed by atoms with Crippen molar-refractivity contribution in [2.45, 2.75) is 18.0 Å². The summed E-state index contributed by atoms with van der Waals surface area (Å²) in [6.07, 6.45) is 3.87. The van der Waals surface area contributed by atoms with Crippen LogP contribution in [0, 0.1) is 31.6 Å². The summed E-state index contributed by atoms with van der Waals surface area (Å²) in [5, 5.41) is 20.9. The first-order valence-electron chi connectivity index (χ1n) is 10.3. The van der Waals surface area contributed by atoms with E-state index in [0.717, 1.165) is 20.4 Å². The Morgan fingerprint density at radius 2 is 1.56 bits per heavy atom. The van der Waals surface area contributed by atoms with Crippen LogP contribution in [-0.2, 0) is 0 Å². The number of fused-ring (bicyclic) bond motifs is 3. The minimum Gasteiger partial charge on any atom is -0.351 e. The lowest BCUT2D eigenvalue weighted by Gasteiger charge is -2.35. The van der Waals surface area contributed by atoms with E-state index < -0.39 is 23.4 Å². The highest BCUT2D eigenvalue weighted by Gasteiger charge is 2.63. The monoisotopic (exact) mass is 527 g/mol. The number of ketones is 1. The molecule has 32 heavy (non-hydrogen) atoms. The predicted molar refractivity (Wildman–Crippen MR) is 132 cm³/mol. The second-order valence-corrected chi connectivity index (χ2v) is 9.20. The van der Waals surface area contributed by atoms with E-state index >= 15 is 0 Å². The van der Waals surface area contributed by atoms with Crippen molar-refractivity contribution in [1.29, 1.82) is 10.5 Å². The van der Waals surface area contributed by atoms with Crippen LogP contribution >= 0.6 is 22.6 Å². The summed E-state index contributed by atoms with van der Waals surface area (Å²) in [6, 6.07) is 28.2. The van der Waals surface area contributed by atoms with Gasteiger partial charge in [0.25, 0.3) is 0 Å². The third kappa shape index (κ3) is 2.89. The molecule has 154 valence electrons. The molecule has 0 aromatic heterocycles. The van der Waals surface area contributed by atoms with Crippen LogP contribution in [0.1, 0.15) is 27.4 Å². The number of carbonyl (C=O) groups is 1. The number of nitrogens with zero attached hydrogens (tertiary/aromatic N) is 3. The maximum absolute atomic E-state index is 14.0. The average molecular weight is 527 g/mol. The Hall–Kier alpha value is -3.42. The Morgan fingerprint density at radius 1 is 0.906 bits per heavy atom. The first kappa shape index (κ1) is 20.5. The molecule has 2 aliphatic heterocycles. The maximum Gasteiger partial charge on any atom is 0.185 e. The Labute approximate surface area is 200 Å². The number of anilines is 1. The third-order valence-corrected chi connectivity index (χ3v) is 7.46. The van der Waals surface area contributed by atoms with Gasteiger partial charge in [-0.3, -0.25) is 4.79 Å². The smallest absolute Gasteiger partial charge is 0.185 e. The molecule has 5 heteroatoms. The minimum atomic E-state index is -1.42. The molecular formula is C27H18IN3O. The van der Waals surface area contributed by atoms with E-state index in [4.69, 9.17) is 0 Å². The van der Waals surface area contributed by atoms with Gasteiger partial charge in [0.2, 0.25) is 0 Å². The molecule has 0 saturated carbocycles. The highest BCUT2D eigenvalue weighted by molar-refractivity contribution is 14.1. The molecule has 0 radical (unpaired) electrons. The molecule has 0 aliphatic carbocycles. The highest BCUT2D eigenvalue weighted by Crippen LogP contribution is 2.56. The van der Waals surface area contributed by atoms with Crippen molar-refractivity contribution < 1.29 is 4.79 Å². The van der Waals surface area contributed by atoms with Crippen LogP contribution < -0.4 is 4.90 Å². The van der Waals surface area contributed by atoms with Crippen LogP contribution in [0.15, 0.2) is 84.9 Å². The first-order valence-corrected chi connectivity index (χ1v) is 11.4. The van der Waals surface area contributed by atoms with Gasteiger partial charge in [0.05, 0.1) is 18.2 Å². The van der Waals surface area contributed by atoms with Gasteiger partial charge in [-0.25, -0.2) is 0 Å². The van der Waals surface area contributed by atoms with Crippen LogP contribution in [-0.4, -0.2) is 17.9 Å². The molecule has 3 aromatic carbocycles. The lowest BCUT2D eigenvalue weighted by Crippen LogP contribution is -2.44. The van der Waals surface area contributed by atoms with Gasteiger partial charge in [-0.05, 0) is 45.9 Å². The second-order valence-electron chi connectivity index (χ2n) is 8.04. The quantitative estimate of drug-likeness (QED) is 0.330. The van der Waals surface area contributed by atoms with E-state index in [2.05, 4.69) is 34.7 Å². The molecule has 0 amide bonds. The fourth-order valence-corrected chi connectivity index (χ4v) is 5.80. The van der Waals surface area contributed by atoms with Crippen molar-refractivity contribution in [2.75, 3.05) is 4.90 Å². The fraction of sp³-hybridized carbons (Fsp3) is 0.148. The van der Waals surface area contributed by atoms with Gasteiger partial charge < -0.3 is 4.90 Å². The zero-order valence-electron chi connectivity index (χ0n) is 17.0. The second kappa shape index (κ2) is 7.93. The summed E-state index contributed by atoms with van der Waals surface area (Å²) in [5.74, 6) is -0.697. The number of para-hydroxylation sites is 1. The van der Waals surface area contributed by atoms with E-state index in [1.165, 1.54) is 0 Å². The molecule has 0 spiro atoms. The van der Waals surface area contributed by atoms with Gasteiger partial charge in [0.15, 0.2) is 11.2 Å². The van der Waals surface area contributed by atoms with Crippen LogP contribution in [0.4, 0.5) is 5.69 Å². The predicted octanol–water partition coefficient (Wildman–Crippen LogP) is 5.58. The number of carbonyl (C=O) groups excluding carboxylic acids is 1. The fourth-order valence-electron chi connectivity index (χ4n) is 5.08. The van der Waals surface area contributed by atoms with E-state index in [-0.39, 0.29) is 5.78 Å². The zero-order chi connectivity index (χ0) is 22.3. The maximum atomic E-state index is 14.0. The van der Waals surface area contributed by atoms with E-state index in [0.29, 0.717) is 5.56 Å². The molecule has 2 aliphatic rings. The normalized spacial score (nSPS) is 22.3. The number of rotatable bonds is 3. The number of nitriles is 2. The third-order valence-electron chi connectivity index (χ3n) is 6.48. The van der Waals surface area contributed by atoms with Crippen LogP contribution in [0.5, 0.6) is 0 Å². The van der Waals surface area contributed by atoms with E-state index in [9.17, 15) is 15.3 Å². The van der Waals surface area contributed by atoms with Gasteiger partial charge in [-0.15, -0.1) is 0 Å². The Morgan fingerprint density at radius 3 is 2.28 bits per heavy atom. The molecule has 5 rings (SSSR count). The van der Waals surface area contributed by atoms with Crippen molar-refractivity contribution in [2.24, 2.45) is 5.41 Å². The summed E-state index contributed by atoms with van der Waals surface area (Å²) in [4.78, 5) is 16.0. The Bertz CT molecular complexity index is 1300. The molecule has 1 saturated heterocycles. The lowest BCUT2D eigenvalue weighted by molar-refractivity contribution is 0.0951. The molecule has 3 aromatic rings. The van der Waals surface area contributed by atoms with Crippen molar-refractivity contribution in [3.8, 4) is 12.1 Å². The van der Waals surface area contributed by atoms with Gasteiger partial charge in [-0.2, -0.15) is 10.5 Å². The van der Waals surface area contributed by atoms with Crippen LogP contribution in [0.25, 0.3) is 6.08 Å². The summed E-state index contributed by atoms with van der Waals surface area (Å²) < 4.78 is 0.938. The first-order chi connectivity index (χ1) is 15.6. The molecule has 0 bridgehead atoms. The largest absolute Gasteiger partial charge is 0.351 e. The summed E-state index contributed by atoms with van der Waals surface area (Å²) in [6.45, 7) is 0. The number of hydrogen-bond acceptors (Lipinski definition) is 4. The van der Waals surface area contributed by atoms with Crippen molar-refractivity contribution in [1.82, 2.24) is 0 Å². The SMILES string of the molecule is N#CC1(C#N)[C@H](c2ccccc2I)[C@H](C(=O)c2ccccc2)N2c3ccccc3C=C[C@H]21. The molecule has 2 heterocycles. The van der Waals surface area contributed by atoms with E-state index in [1.54, 1.807) is 12.1 Å². The standard InChI is InChI=1S/C27H18IN3O/c28-21-12-6-5-11-20(21)24-25(26(32)19-9-2-1-3-10-19)31-22-13-7-4-8-18(22)14-15-23(31)27(24,16-29)17-30/h1-15,23-25H/t23-,24+,25+/m0/s1. The molecule has 0 N–H and O–H groups in total. The summed E-state index contributed by atoms with van der Waals surface area (Å²) >= 11 is 2.23. The van der Waals surface area contributed by atoms with Gasteiger partial charge in [-0.1, -0.05) is 78.9 Å². The molecular weight excluding hydrogens is 509 g/mol. The number of Topliss-reactive ketones (excluding diaryl/α,β-unsaturated/α-hetero) is 1. The van der Waals surface area contributed by atoms with Gasteiger partial charge in [0, 0.05) is 20.7 Å². The zero-order valence-corrected chi connectivity index (χ0v) is 19.2. The Balaban J connectivity index is 1.81. The van der Waals surface area contributed by atoms with Crippen LogP contribution in [0.2, 0.25) is 0 Å². The molecule has 4 nitrogen and oxygen atoms in total. The van der Waals surface area contributed by atoms with Gasteiger partial charge >= 0.3 is 0 Å². The topological polar surface area (TPSA) is 67.9 Å². The highest BCUT2D eigenvalue weighted by atomic mass is 127. The van der Waals surface area contributed by atoms with Crippen LogP contribution in [0.3, 0.4) is 0 Å². The summed E-state index contributed by atoms with van der Waals surface area (Å²) in [5.41, 5.74) is 1.86. The Kier molecular flexibility index (Phi) is 5.07. The average Bonchev–Trinajstić information content (AvgIpc) is 3.15. The molecule has 0 unspecified atom stereocenters. The summed E-state index contributed by atoms with van der Waals surface area (Å²) in [7, 11) is 0. The lowest BCUT2D eigenvalue weighted by atomic mass is 9.69. The number of halogens is 1. The van der Waals surface area contributed by atoms with Crippen molar-refractivity contribution in [3.63, 3.8) is 0 Å². The van der Waals surface area contributed by atoms with E-state index in [1.807, 2.05) is 83.8 Å². The number of benzene rings is 3. The van der Waals surface area contributed by atoms with Crippen molar-refractivity contribution in [3.05, 3.63) is 105 Å². The minimum absolute atomic E-state index is 0.0854. The molecule has 1 fully saturated rings.